The zero-order valence-electron chi connectivity index (χ0n) is 16.2. The molecular formula is C22H27NO3S. The highest BCUT2D eigenvalue weighted by Crippen LogP contribution is 2.47. The molecule has 0 saturated carbocycles. The molecule has 5 heteroatoms. The Kier molecular flexibility index (Phi) is 6.69. The second-order valence-electron chi connectivity index (χ2n) is 6.40. The third-order valence-electron chi connectivity index (χ3n) is 4.73. The van der Waals surface area contributed by atoms with Gasteiger partial charge in [0.25, 0.3) is 0 Å². The fourth-order valence-electron chi connectivity index (χ4n) is 3.17. The van der Waals surface area contributed by atoms with E-state index in [4.69, 9.17) is 9.47 Å². The normalized spacial score (nSPS) is 12.7. The summed E-state index contributed by atoms with van der Waals surface area (Å²) in [4.78, 5) is 3.60. The van der Waals surface area contributed by atoms with E-state index in [-0.39, 0.29) is 5.75 Å². The summed E-state index contributed by atoms with van der Waals surface area (Å²) >= 11 is 1.84. The third kappa shape index (κ3) is 4.60. The van der Waals surface area contributed by atoms with Crippen LogP contribution in [0.3, 0.4) is 0 Å². The summed E-state index contributed by atoms with van der Waals surface area (Å²) in [5.41, 5.74) is 1.98. The van der Waals surface area contributed by atoms with Crippen LogP contribution in [0, 0.1) is 0 Å². The van der Waals surface area contributed by atoms with Crippen LogP contribution in [-0.2, 0) is 0 Å². The Hall–Kier alpha value is -2.11. The van der Waals surface area contributed by atoms with Gasteiger partial charge >= 0.3 is 0 Å². The van der Waals surface area contributed by atoms with E-state index in [1.807, 2.05) is 30.0 Å². The summed E-state index contributed by atoms with van der Waals surface area (Å²) < 4.78 is 11.7. The van der Waals surface area contributed by atoms with Crippen molar-refractivity contribution in [3.05, 3.63) is 47.5 Å². The summed E-state index contributed by atoms with van der Waals surface area (Å²) in [6.45, 7) is 7.70. The molecule has 1 aliphatic heterocycles. The van der Waals surface area contributed by atoms with Gasteiger partial charge in [-0.05, 0) is 62.1 Å². The van der Waals surface area contributed by atoms with Crippen LogP contribution in [0.25, 0.3) is 11.0 Å². The molecule has 1 aliphatic rings. The predicted octanol–water partition coefficient (Wildman–Crippen LogP) is 5.47. The largest absolute Gasteiger partial charge is 0.508 e. The molecule has 0 bridgehead atoms. The van der Waals surface area contributed by atoms with E-state index in [1.54, 1.807) is 19.2 Å². The topological polar surface area (TPSA) is 41.9 Å². The van der Waals surface area contributed by atoms with Crippen LogP contribution in [0.4, 0.5) is 0 Å². The van der Waals surface area contributed by atoms with E-state index in [2.05, 4.69) is 30.9 Å². The van der Waals surface area contributed by atoms with Gasteiger partial charge < -0.3 is 19.5 Å². The summed E-state index contributed by atoms with van der Waals surface area (Å²) in [5, 5.41) is 9.85. The van der Waals surface area contributed by atoms with Crippen LogP contribution in [0.15, 0.2) is 36.4 Å². The van der Waals surface area contributed by atoms with Gasteiger partial charge in [-0.25, -0.2) is 0 Å². The Bertz CT molecular complexity index is 815. The zero-order chi connectivity index (χ0) is 19.2. The number of para-hydroxylation sites is 1. The molecular weight excluding hydrogens is 358 g/mol. The number of rotatable bonds is 8. The van der Waals surface area contributed by atoms with Gasteiger partial charge in [0.1, 0.15) is 11.5 Å². The smallest absolute Gasteiger partial charge is 0.177 e. The molecule has 0 saturated heterocycles. The Labute approximate surface area is 165 Å². The molecule has 0 aliphatic carbocycles. The zero-order valence-corrected chi connectivity index (χ0v) is 17.0. The van der Waals surface area contributed by atoms with Crippen LogP contribution >= 0.6 is 11.8 Å². The Morgan fingerprint density at radius 2 is 1.96 bits per heavy atom. The van der Waals surface area contributed by atoms with E-state index in [1.165, 1.54) is 0 Å². The molecule has 1 N–H and O–H groups in total. The lowest BCUT2D eigenvalue weighted by Crippen LogP contribution is -2.24. The lowest BCUT2D eigenvalue weighted by atomic mass is 10.1. The maximum atomic E-state index is 9.85. The van der Waals surface area contributed by atoms with Crippen molar-refractivity contribution in [2.45, 2.75) is 20.3 Å². The number of phenols is 1. The van der Waals surface area contributed by atoms with Crippen molar-refractivity contribution in [1.82, 2.24) is 4.90 Å². The molecule has 4 nitrogen and oxygen atoms in total. The monoisotopic (exact) mass is 385 g/mol. The van der Waals surface area contributed by atoms with Gasteiger partial charge in [-0.2, -0.15) is 0 Å². The van der Waals surface area contributed by atoms with E-state index in [0.29, 0.717) is 17.2 Å². The molecule has 2 aromatic carbocycles. The number of methoxy groups -OCH3 is 1. The highest BCUT2D eigenvalue weighted by Gasteiger charge is 2.21. The molecule has 0 fully saturated rings. The lowest BCUT2D eigenvalue weighted by Gasteiger charge is -2.18. The molecule has 2 aromatic rings. The number of fused-ring (bicyclic) bond motifs is 2. The Balaban J connectivity index is 1.88. The van der Waals surface area contributed by atoms with E-state index < -0.39 is 0 Å². The van der Waals surface area contributed by atoms with Gasteiger partial charge in [-0.3, -0.25) is 0 Å². The summed E-state index contributed by atoms with van der Waals surface area (Å²) in [7, 11) is 1.65. The minimum absolute atomic E-state index is 0.189. The number of aromatic hydroxyl groups is 1. The standard InChI is InChI=1S/C22H27NO3S/c1-4-23(5-2)12-7-13-27-21-14-16-10-11-17(24)15-20(16)26-22-18(21)8-6-9-19(22)25-3/h6,8-11,14-15,24H,4-5,7,12-13H2,1-3H3. The Morgan fingerprint density at radius 3 is 2.70 bits per heavy atom. The molecule has 0 spiro atoms. The average Bonchev–Trinajstić information content (AvgIpc) is 2.84. The highest BCUT2D eigenvalue weighted by atomic mass is 32.2. The number of phenolic OH excluding ortho intramolecular Hbond substituents is 1. The molecule has 144 valence electrons. The third-order valence-corrected chi connectivity index (χ3v) is 5.87. The molecule has 3 rings (SSSR count). The number of benzene rings is 2. The lowest BCUT2D eigenvalue weighted by molar-refractivity contribution is 0.305. The molecule has 1 heterocycles. The number of thioether (sulfide) groups is 1. The molecule has 27 heavy (non-hydrogen) atoms. The van der Waals surface area contributed by atoms with E-state index in [0.717, 1.165) is 47.8 Å². The maximum Gasteiger partial charge on any atom is 0.177 e. The fourth-order valence-corrected chi connectivity index (χ4v) is 4.18. The molecule has 0 unspecified atom stereocenters. The quantitative estimate of drug-likeness (QED) is 0.610. The van der Waals surface area contributed by atoms with Crippen molar-refractivity contribution in [1.29, 1.82) is 0 Å². The molecule has 0 aromatic heterocycles. The first-order valence-electron chi connectivity index (χ1n) is 9.41. The van der Waals surface area contributed by atoms with Crippen LogP contribution < -0.4 is 9.47 Å². The van der Waals surface area contributed by atoms with Crippen LogP contribution in [0.1, 0.15) is 31.4 Å². The van der Waals surface area contributed by atoms with Gasteiger partial charge in [0.05, 0.1) is 7.11 Å². The van der Waals surface area contributed by atoms with Crippen molar-refractivity contribution < 1.29 is 14.6 Å². The first-order chi connectivity index (χ1) is 13.2. The summed E-state index contributed by atoms with van der Waals surface area (Å²) in [5.74, 6) is 3.26. The number of ether oxygens (including phenoxy) is 2. The minimum atomic E-state index is 0.189. The second-order valence-corrected chi connectivity index (χ2v) is 7.54. The van der Waals surface area contributed by atoms with E-state index in [9.17, 15) is 5.11 Å². The first kappa shape index (κ1) is 19.6. The highest BCUT2D eigenvalue weighted by molar-refractivity contribution is 8.08. The summed E-state index contributed by atoms with van der Waals surface area (Å²) in [6.07, 6.45) is 3.27. The second kappa shape index (κ2) is 9.20. The van der Waals surface area contributed by atoms with Crippen molar-refractivity contribution in [2.75, 3.05) is 32.5 Å². The number of hydrogen-bond donors (Lipinski definition) is 1. The number of hydrogen-bond acceptors (Lipinski definition) is 5. The first-order valence-corrected chi connectivity index (χ1v) is 10.4. The number of nitrogens with zero attached hydrogens (tertiary/aromatic N) is 1. The fraction of sp³-hybridized carbons (Fsp3) is 0.364. The van der Waals surface area contributed by atoms with Crippen molar-refractivity contribution in [3.63, 3.8) is 0 Å². The van der Waals surface area contributed by atoms with Gasteiger partial charge in [0.15, 0.2) is 11.5 Å². The van der Waals surface area contributed by atoms with Gasteiger partial charge in [-0.1, -0.05) is 19.9 Å². The molecule has 0 radical (unpaired) electrons. The molecule has 0 atom stereocenters. The van der Waals surface area contributed by atoms with Gasteiger partial charge in [0.2, 0.25) is 0 Å². The van der Waals surface area contributed by atoms with E-state index >= 15 is 0 Å². The van der Waals surface area contributed by atoms with Crippen molar-refractivity contribution >= 4 is 22.7 Å². The molecule has 0 amide bonds. The summed E-state index contributed by atoms with van der Waals surface area (Å²) in [6, 6.07) is 11.2. The average molecular weight is 386 g/mol. The van der Waals surface area contributed by atoms with Crippen LogP contribution in [-0.4, -0.2) is 42.5 Å². The van der Waals surface area contributed by atoms with Gasteiger partial charge in [0, 0.05) is 22.1 Å². The van der Waals surface area contributed by atoms with Crippen LogP contribution in [0.5, 0.6) is 23.0 Å². The minimum Gasteiger partial charge on any atom is -0.508 e. The Morgan fingerprint density at radius 1 is 1.15 bits per heavy atom. The maximum absolute atomic E-state index is 9.85. The van der Waals surface area contributed by atoms with Crippen LogP contribution in [0.2, 0.25) is 0 Å². The SMILES string of the molecule is CCN(CC)CCCSC1=Cc2ccc(O)cc2Oc2c(OC)cccc21. The van der Waals surface area contributed by atoms with Crippen molar-refractivity contribution in [2.24, 2.45) is 0 Å². The predicted molar refractivity (Wildman–Crippen MR) is 114 cm³/mol. The van der Waals surface area contributed by atoms with Crippen molar-refractivity contribution in [3.8, 4) is 23.0 Å². The van der Waals surface area contributed by atoms with Gasteiger partial charge in [-0.15, -0.1) is 11.8 Å².